The van der Waals surface area contributed by atoms with E-state index in [2.05, 4.69) is 16.7 Å². The number of ketones is 1. The zero-order valence-electron chi connectivity index (χ0n) is 26.4. The van der Waals surface area contributed by atoms with Gasteiger partial charge in [0.15, 0.2) is 0 Å². The Morgan fingerprint density at radius 1 is 0.872 bits per heavy atom. The molecule has 9 heteroatoms. The van der Waals surface area contributed by atoms with Gasteiger partial charge < -0.3 is 15.4 Å². The molecule has 1 aliphatic heterocycles. The number of aryl methyl sites for hydroxylation is 1. The van der Waals surface area contributed by atoms with Gasteiger partial charge in [0.25, 0.3) is 0 Å². The molecule has 6 nitrogen and oxygen atoms in total. The second-order valence-corrected chi connectivity index (χ2v) is 13.7. The Kier molecular flexibility index (Phi) is 10.8. The lowest BCUT2D eigenvalue weighted by Crippen LogP contribution is -2.25. The molecule has 0 spiro atoms. The molecule has 2 aliphatic rings. The minimum atomic E-state index is 0.142. The summed E-state index contributed by atoms with van der Waals surface area (Å²) in [6.07, 6.45) is 6.53. The number of benzene rings is 3. The van der Waals surface area contributed by atoms with Gasteiger partial charge in [0.1, 0.15) is 5.78 Å². The number of pyridine rings is 1. The Morgan fingerprint density at radius 3 is 2.26 bits per heavy atom. The molecule has 0 radical (unpaired) electrons. The highest BCUT2D eigenvalue weighted by Crippen LogP contribution is 2.43. The van der Waals surface area contributed by atoms with Crippen molar-refractivity contribution in [3.05, 3.63) is 92.9 Å². The lowest BCUT2D eigenvalue weighted by molar-refractivity contribution is -0.119. The number of hydrogen-bond donors (Lipinski definition) is 2. The fourth-order valence-corrected chi connectivity index (χ4v) is 7.64. The molecule has 6 rings (SSSR count). The zero-order valence-corrected chi connectivity index (χ0v) is 28.7. The van der Waals surface area contributed by atoms with Crippen LogP contribution in [0.15, 0.2) is 66.7 Å². The van der Waals surface area contributed by atoms with E-state index in [9.17, 15) is 9.59 Å². The molecule has 2 heterocycles. The fraction of sp³-hybridized carbons (Fsp3) is 0.342. The number of carbonyl (C=O) groups excluding carboxylic acids is 2. The highest BCUT2D eigenvalue weighted by Gasteiger charge is 2.23. The summed E-state index contributed by atoms with van der Waals surface area (Å²) in [6.45, 7) is 1.51. The number of rotatable bonds is 12. The quantitative estimate of drug-likeness (QED) is 0.155. The van der Waals surface area contributed by atoms with E-state index in [1.807, 2.05) is 60.7 Å². The zero-order chi connectivity index (χ0) is 32.9. The largest absolute Gasteiger partial charge is 0.481 e. The summed E-state index contributed by atoms with van der Waals surface area (Å²) in [5, 5.41) is 8.22. The van der Waals surface area contributed by atoms with Crippen molar-refractivity contribution in [1.29, 1.82) is 0 Å². The molecule has 2 fully saturated rings. The van der Waals surface area contributed by atoms with Gasteiger partial charge in [-0.15, -0.1) is 0 Å². The predicted octanol–water partition coefficient (Wildman–Crippen LogP) is 9.11. The topological polar surface area (TPSA) is 80.3 Å². The van der Waals surface area contributed by atoms with E-state index in [4.69, 9.17) is 44.5 Å². The van der Waals surface area contributed by atoms with Crippen LogP contribution in [-0.2, 0) is 22.6 Å². The number of ether oxygens (including phenoxy) is 1. The number of carbonyl (C=O) groups is 2. The first-order valence-electron chi connectivity index (χ1n) is 16.2. The van der Waals surface area contributed by atoms with Crippen LogP contribution in [0.25, 0.3) is 33.5 Å². The van der Waals surface area contributed by atoms with Crippen molar-refractivity contribution in [2.75, 3.05) is 13.7 Å². The minimum Gasteiger partial charge on any atom is -0.481 e. The van der Waals surface area contributed by atoms with E-state index >= 15 is 0 Å². The van der Waals surface area contributed by atoms with Gasteiger partial charge in [-0.2, -0.15) is 0 Å². The standard InChI is InChI=1S/C38H38Cl3N3O3/c1-47-38-25(5-2-6-26-14-18-35(46)43-26)13-17-34(44-38)32-10-4-9-31(37(32)41)30-8-3-7-29(36(30)40)28-16-12-24(20-33(28)39)22-42-21-23-11-15-27(45)19-23/h3-4,7-10,12-13,16-17,20,23,26,42H,2,5-6,11,14-15,18-19,21-22H2,1H3,(H,43,46)/t23-,26-/m1/s1. The number of hydrogen-bond acceptors (Lipinski definition) is 5. The first-order chi connectivity index (χ1) is 22.8. The molecule has 1 aliphatic carbocycles. The Labute approximate surface area is 291 Å². The summed E-state index contributed by atoms with van der Waals surface area (Å²) in [5.74, 6) is 1.50. The molecule has 0 bridgehead atoms. The Hall–Kier alpha value is -3.42. The SMILES string of the molecule is COc1nc(-c2cccc(-c3cccc(-c4ccc(CNC[C@@H]5CCC(=O)C5)cc4Cl)c3Cl)c2Cl)ccc1CCC[C@@H]1CCC(=O)N1. The molecule has 1 saturated heterocycles. The molecule has 1 amide bonds. The van der Waals surface area contributed by atoms with Crippen molar-refractivity contribution in [3.63, 3.8) is 0 Å². The summed E-state index contributed by atoms with van der Waals surface area (Å²) in [7, 11) is 1.63. The Balaban J connectivity index is 1.19. The van der Waals surface area contributed by atoms with Gasteiger partial charge in [-0.05, 0) is 62.3 Å². The smallest absolute Gasteiger partial charge is 0.220 e. The monoisotopic (exact) mass is 689 g/mol. The number of nitrogens with one attached hydrogen (secondary N) is 2. The van der Waals surface area contributed by atoms with Crippen molar-refractivity contribution < 1.29 is 14.3 Å². The maximum atomic E-state index is 11.6. The van der Waals surface area contributed by atoms with E-state index in [1.54, 1.807) is 7.11 Å². The van der Waals surface area contributed by atoms with E-state index in [0.717, 1.165) is 77.6 Å². The lowest BCUT2D eigenvalue weighted by Gasteiger charge is -2.16. The third kappa shape index (κ3) is 7.84. The predicted molar refractivity (Wildman–Crippen MR) is 190 cm³/mol. The van der Waals surface area contributed by atoms with Crippen LogP contribution in [0.5, 0.6) is 5.88 Å². The van der Waals surface area contributed by atoms with Gasteiger partial charge >= 0.3 is 0 Å². The van der Waals surface area contributed by atoms with Crippen molar-refractivity contribution in [2.45, 2.75) is 64.0 Å². The van der Waals surface area contributed by atoms with Gasteiger partial charge in [0, 0.05) is 70.3 Å². The molecule has 4 aromatic rings. The molecule has 244 valence electrons. The first-order valence-corrected chi connectivity index (χ1v) is 17.4. The lowest BCUT2D eigenvalue weighted by atomic mass is 9.96. The van der Waals surface area contributed by atoms with Crippen LogP contribution in [-0.4, -0.2) is 36.4 Å². The highest BCUT2D eigenvalue weighted by atomic mass is 35.5. The third-order valence-corrected chi connectivity index (χ3v) is 10.3. The van der Waals surface area contributed by atoms with Gasteiger partial charge in [0.05, 0.1) is 22.8 Å². The number of nitrogens with zero attached hydrogens (tertiary/aromatic N) is 1. The molecule has 1 saturated carbocycles. The van der Waals surface area contributed by atoms with Gasteiger partial charge in [0.2, 0.25) is 11.8 Å². The minimum absolute atomic E-state index is 0.142. The molecule has 3 aromatic carbocycles. The number of aromatic nitrogens is 1. The Bertz CT molecular complexity index is 1790. The maximum absolute atomic E-state index is 11.6. The van der Waals surface area contributed by atoms with Crippen LogP contribution in [0, 0.1) is 5.92 Å². The van der Waals surface area contributed by atoms with E-state index in [0.29, 0.717) is 64.2 Å². The number of methoxy groups -OCH3 is 1. The van der Waals surface area contributed by atoms with Gasteiger partial charge in [-0.3, -0.25) is 9.59 Å². The van der Waals surface area contributed by atoms with Crippen LogP contribution < -0.4 is 15.4 Å². The third-order valence-electron chi connectivity index (χ3n) is 9.21. The van der Waals surface area contributed by atoms with E-state index in [-0.39, 0.29) is 11.9 Å². The average Bonchev–Trinajstić information content (AvgIpc) is 3.68. The second kappa shape index (κ2) is 15.2. The average molecular weight is 691 g/mol. The Morgan fingerprint density at radius 2 is 1.60 bits per heavy atom. The highest BCUT2D eigenvalue weighted by molar-refractivity contribution is 6.40. The summed E-state index contributed by atoms with van der Waals surface area (Å²) in [6, 6.07) is 22.0. The van der Waals surface area contributed by atoms with Crippen LogP contribution in [0.3, 0.4) is 0 Å². The molecule has 0 unspecified atom stereocenters. The number of amides is 1. The molecular formula is C38H38Cl3N3O3. The maximum Gasteiger partial charge on any atom is 0.220 e. The van der Waals surface area contributed by atoms with Crippen LogP contribution in [0.2, 0.25) is 15.1 Å². The van der Waals surface area contributed by atoms with Crippen LogP contribution >= 0.6 is 34.8 Å². The summed E-state index contributed by atoms with van der Waals surface area (Å²) in [5.41, 5.74) is 6.83. The summed E-state index contributed by atoms with van der Waals surface area (Å²) in [4.78, 5) is 27.9. The number of Topliss-reactive ketones (excluding diaryl/α,β-unsaturated/α-hetero) is 1. The van der Waals surface area contributed by atoms with Gasteiger partial charge in [-0.1, -0.05) is 89.4 Å². The fourth-order valence-electron chi connectivity index (χ4n) is 6.68. The van der Waals surface area contributed by atoms with Crippen molar-refractivity contribution in [3.8, 4) is 39.4 Å². The summed E-state index contributed by atoms with van der Waals surface area (Å²) >= 11 is 21.0. The number of halogens is 3. The molecule has 47 heavy (non-hydrogen) atoms. The normalized spacial score (nSPS) is 17.7. The van der Waals surface area contributed by atoms with Crippen molar-refractivity contribution >= 4 is 46.5 Å². The van der Waals surface area contributed by atoms with Crippen molar-refractivity contribution in [2.24, 2.45) is 5.92 Å². The van der Waals surface area contributed by atoms with Crippen LogP contribution in [0.4, 0.5) is 0 Å². The molecular weight excluding hydrogens is 653 g/mol. The van der Waals surface area contributed by atoms with Crippen LogP contribution in [0.1, 0.15) is 56.1 Å². The molecule has 2 atom stereocenters. The second-order valence-electron chi connectivity index (χ2n) is 12.5. The van der Waals surface area contributed by atoms with E-state index in [1.165, 1.54) is 0 Å². The summed E-state index contributed by atoms with van der Waals surface area (Å²) < 4.78 is 5.68. The molecule has 1 aromatic heterocycles. The van der Waals surface area contributed by atoms with Gasteiger partial charge in [-0.25, -0.2) is 4.98 Å². The van der Waals surface area contributed by atoms with Crippen molar-refractivity contribution in [1.82, 2.24) is 15.6 Å². The molecule has 2 N–H and O–H groups in total. The first kappa shape index (κ1) is 33.5. The van der Waals surface area contributed by atoms with E-state index < -0.39 is 0 Å².